The lowest BCUT2D eigenvalue weighted by molar-refractivity contribution is 0.0683. The summed E-state index contributed by atoms with van der Waals surface area (Å²) in [4.78, 5) is 14.0. The van der Waals surface area contributed by atoms with Gasteiger partial charge in [-0.15, -0.1) is 0 Å². The van der Waals surface area contributed by atoms with Crippen molar-refractivity contribution in [2.45, 2.75) is 23.8 Å². The molecule has 1 amide bonds. The van der Waals surface area contributed by atoms with Gasteiger partial charge in [-0.05, 0) is 61.4 Å². The first-order chi connectivity index (χ1) is 15.3. The van der Waals surface area contributed by atoms with Crippen LogP contribution < -0.4 is 4.31 Å². The van der Waals surface area contributed by atoms with Crippen molar-refractivity contribution in [2.75, 3.05) is 17.4 Å². The first-order valence-electron chi connectivity index (χ1n) is 9.85. The van der Waals surface area contributed by atoms with Gasteiger partial charge in [0, 0.05) is 30.2 Å². The van der Waals surface area contributed by atoms with Crippen molar-refractivity contribution in [1.82, 2.24) is 4.90 Å². The van der Waals surface area contributed by atoms with Crippen molar-refractivity contribution in [2.24, 2.45) is 0 Å². The quantitative estimate of drug-likeness (QED) is 0.530. The van der Waals surface area contributed by atoms with Gasteiger partial charge in [0.05, 0.1) is 16.8 Å². The third-order valence-corrected chi connectivity index (χ3v) is 7.46. The van der Waals surface area contributed by atoms with Crippen molar-refractivity contribution >= 4 is 33.2 Å². The van der Waals surface area contributed by atoms with E-state index in [4.69, 9.17) is 16.0 Å². The topological polar surface area (TPSA) is 70.8 Å². The van der Waals surface area contributed by atoms with E-state index in [1.807, 2.05) is 0 Å². The largest absolute Gasteiger partial charge is 0.459 e. The standard InChI is InChI=1S/C22H19ClF2N2O4S/c23-15-3-6-18(7-4-15)32(29,30)27(20-14-16(24)5-8-19(20)25)17-9-11-26(12-10-17)22(28)21-2-1-13-31-21/h1-8,13-14,17H,9-12H2. The molecule has 2 aromatic carbocycles. The third kappa shape index (κ3) is 4.35. The Morgan fingerprint density at radius 1 is 1.06 bits per heavy atom. The van der Waals surface area contributed by atoms with Gasteiger partial charge in [0.15, 0.2) is 5.76 Å². The Morgan fingerprint density at radius 3 is 2.38 bits per heavy atom. The highest BCUT2D eigenvalue weighted by atomic mass is 35.5. The van der Waals surface area contributed by atoms with Crippen LogP contribution in [0.4, 0.5) is 14.5 Å². The highest BCUT2D eigenvalue weighted by Gasteiger charge is 2.37. The Labute approximate surface area is 189 Å². The predicted molar refractivity (Wildman–Crippen MR) is 115 cm³/mol. The van der Waals surface area contributed by atoms with Crippen LogP contribution in [0.2, 0.25) is 5.02 Å². The molecular formula is C22H19ClF2N2O4S. The van der Waals surface area contributed by atoms with Gasteiger partial charge in [-0.2, -0.15) is 0 Å². The summed E-state index contributed by atoms with van der Waals surface area (Å²) in [5.74, 6) is -1.75. The monoisotopic (exact) mass is 480 g/mol. The summed E-state index contributed by atoms with van der Waals surface area (Å²) in [5.41, 5.74) is -0.379. The van der Waals surface area contributed by atoms with E-state index >= 15 is 0 Å². The minimum Gasteiger partial charge on any atom is -0.459 e. The smallest absolute Gasteiger partial charge is 0.289 e. The summed E-state index contributed by atoms with van der Waals surface area (Å²) in [6, 6.07) is 10.6. The summed E-state index contributed by atoms with van der Waals surface area (Å²) < 4.78 is 61.8. The number of hydrogen-bond donors (Lipinski definition) is 0. The Morgan fingerprint density at radius 2 is 1.75 bits per heavy atom. The summed E-state index contributed by atoms with van der Waals surface area (Å²) in [6.45, 7) is 0.460. The van der Waals surface area contributed by atoms with Gasteiger partial charge in [-0.3, -0.25) is 9.10 Å². The molecule has 1 aliphatic heterocycles. The zero-order chi connectivity index (χ0) is 22.9. The minimum atomic E-state index is -4.24. The second-order valence-corrected chi connectivity index (χ2v) is 9.60. The number of benzene rings is 2. The number of rotatable bonds is 5. The molecule has 2 heterocycles. The molecule has 1 aromatic heterocycles. The van der Waals surface area contributed by atoms with E-state index in [2.05, 4.69) is 0 Å². The number of halogens is 3. The van der Waals surface area contributed by atoms with Crippen LogP contribution in [0.15, 0.2) is 70.2 Å². The van der Waals surface area contributed by atoms with Crippen LogP contribution in [0.5, 0.6) is 0 Å². The average molecular weight is 481 g/mol. The number of furan rings is 1. The van der Waals surface area contributed by atoms with Gasteiger partial charge in [-0.25, -0.2) is 17.2 Å². The number of hydrogen-bond acceptors (Lipinski definition) is 4. The Kier molecular flexibility index (Phi) is 6.21. The SMILES string of the molecule is O=C(c1ccco1)N1CCC(N(c2cc(F)ccc2F)S(=O)(=O)c2ccc(Cl)cc2)CC1. The van der Waals surface area contributed by atoms with Crippen LogP contribution >= 0.6 is 11.6 Å². The van der Waals surface area contributed by atoms with Gasteiger partial charge in [0.25, 0.3) is 15.9 Å². The van der Waals surface area contributed by atoms with Crippen molar-refractivity contribution in [3.8, 4) is 0 Å². The number of piperidine rings is 1. The van der Waals surface area contributed by atoms with E-state index in [-0.39, 0.29) is 48.2 Å². The number of anilines is 1. The second kappa shape index (κ2) is 8.91. The number of carbonyl (C=O) groups is 1. The molecule has 1 aliphatic rings. The number of nitrogens with zero attached hydrogens (tertiary/aromatic N) is 2. The van der Waals surface area contributed by atoms with E-state index in [0.29, 0.717) is 5.02 Å². The first-order valence-corrected chi connectivity index (χ1v) is 11.7. The Balaban J connectivity index is 1.67. The van der Waals surface area contributed by atoms with E-state index in [0.717, 1.165) is 22.5 Å². The molecule has 10 heteroatoms. The van der Waals surface area contributed by atoms with E-state index in [1.165, 1.54) is 30.5 Å². The summed E-state index contributed by atoms with van der Waals surface area (Å²) in [7, 11) is -4.24. The molecule has 0 aliphatic carbocycles. The molecule has 0 N–H and O–H groups in total. The molecule has 6 nitrogen and oxygen atoms in total. The van der Waals surface area contributed by atoms with Crippen molar-refractivity contribution in [3.05, 3.63) is 83.3 Å². The van der Waals surface area contributed by atoms with Crippen molar-refractivity contribution in [3.63, 3.8) is 0 Å². The second-order valence-electron chi connectivity index (χ2n) is 7.35. The van der Waals surface area contributed by atoms with Gasteiger partial charge in [0.2, 0.25) is 0 Å². The molecule has 3 aromatic rings. The van der Waals surface area contributed by atoms with Crippen LogP contribution in [0.25, 0.3) is 0 Å². The van der Waals surface area contributed by atoms with Gasteiger partial charge >= 0.3 is 0 Å². The van der Waals surface area contributed by atoms with Gasteiger partial charge in [-0.1, -0.05) is 11.6 Å². The zero-order valence-corrected chi connectivity index (χ0v) is 18.3. The Bertz CT molecular complexity index is 1210. The zero-order valence-electron chi connectivity index (χ0n) is 16.7. The summed E-state index contributed by atoms with van der Waals surface area (Å²) >= 11 is 5.88. The fourth-order valence-electron chi connectivity index (χ4n) is 3.76. The van der Waals surface area contributed by atoms with E-state index in [1.54, 1.807) is 17.0 Å². The van der Waals surface area contributed by atoms with Gasteiger partial charge in [0.1, 0.15) is 11.6 Å². The lowest BCUT2D eigenvalue weighted by Crippen LogP contribution is -2.49. The first kappa shape index (κ1) is 22.3. The summed E-state index contributed by atoms with van der Waals surface area (Å²) in [6.07, 6.45) is 1.86. The van der Waals surface area contributed by atoms with Crippen LogP contribution in [0.1, 0.15) is 23.4 Å². The maximum atomic E-state index is 14.7. The summed E-state index contributed by atoms with van der Waals surface area (Å²) in [5, 5.41) is 0.345. The maximum Gasteiger partial charge on any atom is 0.289 e. The van der Waals surface area contributed by atoms with Crippen LogP contribution in [0.3, 0.4) is 0 Å². The molecule has 0 spiro atoms. The fourth-order valence-corrected chi connectivity index (χ4v) is 5.59. The normalized spacial score (nSPS) is 15.0. The molecule has 1 saturated heterocycles. The molecule has 0 bridgehead atoms. The lowest BCUT2D eigenvalue weighted by Gasteiger charge is -2.38. The number of amides is 1. The van der Waals surface area contributed by atoms with Gasteiger partial charge < -0.3 is 9.32 Å². The number of likely N-dealkylation sites (tertiary alicyclic amines) is 1. The highest BCUT2D eigenvalue weighted by Crippen LogP contribution is 2.33. The molecule has 32 heavy (non-hydrogen) atoms. The van der Waals surface area contributed by atoms with Crippen LogP contribution in [-0.2, 0) is 10.0 Å². The van der Waals surface area contributed by atoms with Crippen LogP contribution in [-0.4, -0.2) is 38.4 Å². The van der Waals surface area contributed by atoms with E-state index < -0.39 is 27.7 Å². The minimum absolute atomic E-state index is 0.0975. The predicted octanol–water partition coefficient (Wildman–Crippen LogP) is 4.71. The highest BCUT2D eigenvalue weighted by molar-refractivity contribution is 7.92. The van der Waals surface area contributed by atoms with E-state index in [9.17, 15) is 22.0 Å². The molecule has 0 radical (unpaired) electrons. The lowest BCUT2D eigenvalue weighted by atomic mass is 10.0. The van der Waals surface area contributed by atoms with Crippen molar-refractivity contribution < 1.29 is 26.4 Å². The average Bonchev–Trinajstić information content (AvgIpc) is 3.31. The van der Waals surface area contributed by atoms with Crippen molar-refractivity contribution in [1.29, 1.82) is 0 Å². The van der Waals surface area contributed by atoms with Crippen LogP contribution in [0, 0.1) is 11.6 Å². The fraction of sp³-hybridized carbons (Fsp3) is 0.227. The number of sulfonamides is 1. The Hall–Kier alpha value is -2.91. The maximum absolute atomic E-state index is 14.7. The third-order valence-electron chi connectivity index (χ3n) is 5.33. The molecular weight excluding hydrogens is 462 g/mol. The molecule has 168 valence electrons. The molecule has 1 fully saturated rings. The molecule has 0 atom stereocenters. The number of carbonyl (C=O) groups excluding carboxylic acids is 1. The molecule has 4 rings (SSSR count). The molecule has 0 unspecified atom stereocenters. The molecule has 0 saturated carbocycles.